The number of piperidine rings is 1. The van der Waals surface area contributed by atoms with Gasteiger partial charge in [-0.3, -0.25) is 4.90 Å². The van der Waals surface area contributed by atoms with Crippen molar-refractivity contribution in [2.75, 3.05) is 20.1 Å². The van der Waals surface area contributed by atoms with Crippen molar-refractivity contribution in [1.29, 1.82) is 0 Å². The van der Waals surface area contributed by atoms with Crippen molar-refractivity contribution in [2.45, 2.75) is 25.4 Å². The summed E-state index contributed by atoms with van der Waals surface area (Å²) < 4.78 is 0. The third-order valence-corrected chi connectivity index (χ3v) is 4.90. The second-order valence-electron chi connectivity index (χ2n) is 5.36. The lowest BCUT2D eigenvalue weighted by atomic mass is 10.1. The standard InChI is InChI=1S/C16H21N3S.ClH/c1-17-14-8-5-9-19(11-14)12-15-10-18-16(20-15)13-6-3-2-4-7-13;/h2-4,6-7,10,14,17H,5,8-9,11-12H2,1H3;1H. The normalized spacial score (nSPS) is 19.2. The molecule has 21 heavy (non-hydrogen) atoms. The molecule has 3 rings (SSSR count). The van der Waals surface area contributed by atoms with Crippen LogP contribution in [-0.2, 0) is 6.54 Å². The van der Waals surface area contributed by atoms with Crippen LogP contribution in [0.2, 0.25) is 0 Å². The zero-order valence-corrected chi connectivity index (χ0v) is 13.9. The minimum Gasteiger partial charge on any atom is -0.316 e. The van der Waals surface area contributed by atoms with Gasteiger partial charge in [-0.15, -0.1) is 23.7 Å². The van der Waals surface area contributed by atoms with E-state index in [0.717, 1.165) is 18.1 Å². The summed E-state index contributed by atoms with van der Waals surface area (Å²) in [6.45, 7) is 3.38. The SMILES string of the molecule is CNC1CCCN(Cc2cnc(-c3ccccc3)s2)C1.Cl. The van der Waals surface area contributed by atoms with E-state index < -0.39 is 0 Å². The van der Waals surface area contributed by atoms with Crippen LogP contribution in [0.3, 0.4) is 0 Å². The topological polar surface area (TPSA) is 28.2 Å². The maximum absolute atomic E-state index is 4.57. The highest BCUT2D eigenvalue weighted by atomic mass is 35.5. The molecule has 0 spiro atoms. The molecule has 1 N–H and O–H groups in total. The molecule has 1 aliphatic heterocycles. The van der Waals surface area contributed by atoms with E-state index in [2.05, 4.69) is 46.5 Å². The number of nitrogens with zero attached hydrogens (tertiary/aromatic N) is 2. The first-order chi connectivity index (χ1) is 9.85. The van der Waals surface area contributed by atoms with Gasteiger partial charge in [0.05, 0.1) is 0 Å². The molecule has 114 valence electrons. The molecular weight excluding hydrogens is 302 g/mol. The highest BCUT2D eigenvalue weighted by Gasteiger charge is 2.19. The maximum Gasteiger partial charge on any atom is 0.123 e. The molecule has 1 fully saturated rings. The Bertz CT molecular complexity index is 543. The van der Waals surface area contributed by atoms with Crippen LogP contribution in [0.1, 0.15) is 17.7 Å². The van der Waals surface area contributed by atoms with Crippen molar-refractivity contribution >= 4 is 23.7 Å². The summed E-state index contributed by atoms with van der Waals surface area (Å²) in [4.78, 5) is 8.46. The lowest BCUT2D eigenvalue weighted by molar-refractivity contribution is 0.189. The Kier molecular flexibility index (Phi) is 6.18. The Morgan fingerprint density at radius 3 is 2.90 bits per heavy atom. The van der Waals surface area contributed by atoms with Gasteiger partial charge in [-0.05, 0) is 26.4 Å². The van der Waals surface area contributed by atoms with Crippen molar-refractivity contribution < 1.29 is 0 Å². The second kappa shape index (κ2) is 7.90. The first-order valence-corrected chi connectivity index (χ1v) is 8.06. The first kappa shape index (κ1) is 16.4. The van der Waals surface area contributed by atoms with Crippen LogP contribution >= 0.6 is 23.7 Å². The number of benzene rings is 1. The second-order valence-corrected chi connectivity index (χ2v) is 6.48. The monoisotopic (exact) mass is 323 g/mol. The number of halogens is 1. The molecule has 1 aliphatic rings. The molecule has 0 bridgehead atoms. The van der Waals surface area contributed by atoms with Gasteiger partial charge in [0, 0.05) is 35.8 Å². The number of likely N-dealkylation sites (tertiary alicyclic amines) is 1. The molecule has 0 aliphatic carbocycles. The van der Waals surface area contributed by atoms with Gasteiger partial charge in [-0.25, -0.2) is 4.98 Å². The van der Waals surface area contributed by atoms with Crippen molar-refractivity contribution in [3.63, 3.8) is 0 Å². The van der Waals surface area contributed by atoms with E-state index in [4.69, 9.17) is 0 Å². The van der Waals surface area contributed by atoms with Crippen molar-refractivity contribution in [3.8, 4) is 10.6 Å². The van der Waals surface area contributed by atoms with Crippen molar-refractivity contribution in [3.05, 3.63) is 41.4 Å². The predicted octanol–water partition coefficient (Wildman–Crippen LogP) is 3.42. The zero-order valence-electron chi connectivity index (χ0n) is 12.3. The smallest absolute Gasteiger partial charge is 0.123 e. The summed E-state index contributed by atoms with van der Waals surface area (Å²) in [7, 11) is 2.06. The average Bonchev–Trinajstić information content (AvgIpc) is 2.97. The Morgan fingerprint density at radius 1 is 1.33 bits per heavy atom. The summed E-state index contributed by atoms with van der Waals surface area (Å²) in [5.41, 5.74) is 1.22. The van der Waals surface area contributed by atoms with Crippen LogP contribution in [0.5, 0.6) is 0 Å². The van der Waals surface area contributed by atoms with Crippen LogP contribution in [0, 0.1) is 0 Å². The van der Waals surface area contributed by atoms with E-state index in [1.54, 1.807) is 0 Å². The molecule has 5 heteroatoms. The fourth-order valence-corrected chi connectivity index (χ4v) is 3.71. The Morgan fingerprint density at radius 2 is 2.14 bits per heavy atom. The largest absolute Gasteiger partial charge is 0.316 e. The highest BCUT2D eigenvalue weighted by Crippen LogP contribution is 2.26. The molecule has 1 aromatic heterocycles. The molecule has 0 amide bonds. The molecule has 2 aromatic rings. The number of rotatable bonds is 4. The van der Waals surface area contributed by atoms with Gasteiger partial charge in [-0.1, -0.05) is 30.3 Å². The maximum atomic E-state index is 4.57. The van der Waals surface area contributed by atoms with E-state index in [-0.39, 0.29) is 12.4 Å². The van der Waals surface area contributed by atoms with Crippen LogP contribution in [-0.4, -0.2) is 36.1 Å². The number of hydrogen-bond acceptors (Lipinski definition) is 4. The lowest BCUT2D eigenvalue weighted by Gasteiger charge is -2.32. The predicted molar refractivity (Wildman–Crippen MR) is 92.2 cm³/mol. The summed E-state index contributed by atoms with van der Waals surface area (Å²) >= 11 is 1.82. The molecule has 1 saturated heterocycles. The van der Waals surface area contributed by atoms with E-state index in [9.17, 15) is 0 Å². The Labute approximate surface area is 136 Å². The van der Waals surface area contributed by atoms with Gasteiger partial charge >= 0.3 is 0 Å². The molecule has 1 atom stereocenters. The van der Waals surface area contributed by atoms with E-state index >= 15 is 0 Å². The summed E-state index contributed by atoms with van der Waals surface area (Å²) in [6, 6.07) is 11.1. The minimum atomic E-state index is 0. The first-order valence-electron chi connectivity index (χ1n) is 7.25. The molecule has 1 unspecified atom stereocenters. The third kappa shape index (κ3) is 4.27. The van der Waals surface area contributed by atoms with Gasteiger partial charge in [0.25, 0.3) is 0 Å². The summed E-state index contributed by atoms with van der Waals surface area (Å²) in [5, 5.41) is 4.52. The Hall–Kier alpha value is -0.940. The number of aromatic nitrogens is 1. The fourth-order valence-electron chi connectivity index (χ4n) is 2.75. The van der Waals surface area contributed by atoms with Crippen LogP contribution < -0.4 is 5.32 Å². The quantitative estimate of drug-likeness (QED) is 0.934. The zero-order chi connectivity index (χ0) is 13.8. The summed E-state index contributed by atoms with van der Waals surface area (Å²) in [5.74, 6) is 0. The van der Waals surface area contributed by atoms with Gasteiger partial charge in [-0.2, -0.15) is 0 Å². The van der Waals surface area contributed by atoms with Crippen LogP contribution in [0.4, 0.5) is 0 Å². The lowest BCUT2D eigenvalue weighted by Crippen LogP contribution is -2.43. The van der Waals surface area contributed by atoms with E-state index in [1.165, 1.54) is 29.8 Å². The molecular formula is C16H22ClN3S. The highest BCUT2D eigenvalue weighted by molar-refractivity contribution is 7.15. The molecule has 0 radical (unpaired) electrons. The van der Waals surface area contributed by atoms with Gasteiger partial charge in [0.15, 0.2) is 0 Å². The van der Waals surface area contributed by atoms with Crippen molar-refractivity contribution in [2.24, 2.45) is 0 Å². The summed E-state index contributed by atoms with van der Waals surface area (Å²) in [6.07, 6.45) is 4.62. The molecule has 0 saturated carbocycles. The van der Waals surface area contributed by atoms with E-state index in [1.807, 2.05) is 23.6 Å². The fraction of sp³-hybridized carbons (Fsp3) is 0.438. The number of hydrogen-bond donors (Lipinski definition) is 1. The van der Waals surface area contributed by atoms with E-state index in [0.29, 0.717) is 6.04 Å². The van der Waals surface area contributed by atoms with Gasteiger partial charge in [0.1, 0.15) is 5.01 Å². The van der Waals surface area contributed by atoms with Gasteiger partial charge < -0.3 is 5.32 Å². The number of likely N-dealkylation sites (N-methyl/N-ethyl adjacent to an activating group) is 1. The van der Waals surface area contributed by atoms with Crippen LogP contribution in [0.25, 0.3) is 10.6 Å². The minimum absolute atomic E-state index is 0. The Balaban J connectivity index is 0.00000161. The molecule has 2 heterocycles. The third-order valence-electron chi connectivity index (χ3n) is 3.87. The number of thiazole rings is 1. The average molecular weight is 324 g/mol. The van der Waals surface area contributed by atoms with Crippen LogP contribution in [0.15, 0.2) is 36.5 Å². The number of nitrogens with one attached hydrogen (secondary N) is 1. The van der Waals surface area contributed by atoms with Crippen molar-refractivity contribution in [1.82, 2.24) is 15.2 Å². The van der Waals surface area contributed by atoms with Gasteiger partial charge in [0.2, 0.25) is 0 Å². The molecule has 3 nitrogen and oxygen atoms in total. The molecule has 1 aromatic carbocycles.